The van der Waals surface area contributed by atoms with E-state index in [9.17, 15) is 4.79 Å². The van der Waals surface area contributed by atoms with Crippen LogP contribution in [0.1, 0.15) is 31.4 Å². The molecule has 0 atom stereocenters. The lowest BCUT2D eigenvalue weighted by molar-refractivity contribution is -0.121. The smallest absolute Gasteiger partial charge is 0.221 e. The number of amides is 1. The minimum atomic E-state index is 0.00900. The predicted octanol–water partition coefficient (Wildman–Crippen LogP) is 1.49. The molecule has 19 heavy (non-hydrogen) atoms. The zero-order valence-corrected chi connectivity index (χ0v) is 12.0. The van der Waals surface area contributed by atoms with Crippen molar-refractivity contribution in [3.63, 3.8) is 0 Å². The van der Waals surface area contributed by atoms with Crippen LogP contribution in [0.4, 0.5) is 0 Å². The topological polar surface area (TPSA) is 58.4 Å². The molecule has 0 aliphatic carbocycles. The van der Waals surface area contributed by atoms with Crippen molar-refractivity contribution in [3.8, 4) is 0 Å². The van der Waals surface area contributed by atoms with Crippen molar-refractivity contribution in [2.24, 2.45) is 5.73 Å². The van der Waals surface area contributed by atoms with E-state index in [1.165, 1.54) is 5.56 Å². The van der Waals surface area contributed by atoms with Gasteiger partial charge in [0.2, 0.25) is 5.91 Å². The van der Waals surface area contributed by atoms with Crippen LogP contribution in [0.3, 0.4) is 0 Å². The van der Waals surface area contributed by atoms with Gasteiger partial charge in [-0.1, -0.05) is 38.1 Å². The third-order valence-corrected chi connectivity index (χ3v) is 3.18. The van der Waals surface area contributed by atoms with Gasteiger partial charge < -0.3 is 11.1 Å². The number of nitrogens with one attached hydrogen (secondary N) is 1. The quantitative estimate of drug-likeness (QED) is 0.747. The summed E-state index contributed by atoms with van der Waals surface area (Å²) < 4.78 is 0. The number of carbonyl (C=O) groups excluding carboxylic acids is 1. The molecule has 1 aromatic carbocycles. The van der Waals surface area contributed by atoms with Gasteiger partial charge in [0.15, 0.2) is 0 Å². The number of carbonyl (C=O) groups is 1. The van der Waals surface area contributed by atoms with Crippen molar-refractivity contribution >= 4 is 5.91 Å². The first-order chi connectivity index (χ1) is 9.19. The Labute approximate surface area is 116 Å². The third-order valence-electron chi connectivity index (χ3n) is 3.18. The summed E-state index contributed by atoms with van der Waals surface area (Å²) in [6.07, 6.45) is 0.389. The highest BCUT2D eigenvalue weighted by molar-refractivity contribution is 5.76. The molecule has 0 aliphatic heterocycles. The summed E-state index contributed by atoms with van der Waals surface area (Å²) in [5.41, 5.74) is 7.75. The van der Waals surface area contributed by atoms with E-state index in [0.29, 0.717) is 19.5 Å². The summed E-state index contributed by atoms with van der Waals surface area (Å²) in [6, 6.07) is 8.40. The fourth-order valence-corrected chi connectivity index (χ4v) is 1.89. The summed E-state index contributed by atoms with van der Waals surface area (Å²) in [5, 5.41) is 2.85. The third kappa shape index (κ3) is 5.85. The van der Waals surface area contributed by atoms with Crippen LogP contribution in [0.2, 0.25) is 0 Å². The van der Waals surface area contributed by atoms with Gasteiger partial charge in [0.05, 0.1) is 0 Å². The lowest BCUT2D eigenvalue weighted by Gasteiger charge is -2.18. The monoisotopic (exact) mass is 263 g/mol. The first-order valence-electron chi connectivity index (χ1n) is 6.96. The van der Waals surface area contributed by atoms with E-state index in [-0.39, 0.29) is 5.91 Å². The van der Waals surface area contributed by atoms with E-state index in [0.717, 1.165) is 25.2 Å². The maximum absolute atomic E-state index is 11.3. The Balaban J connectivity index is 2.45. The fourth-order valence-electron chi connectivity index (χ4n) is 1.89. The molecule has 0 aliphatic rings. The Bertz CT molecular complexity index is 371. The Morgan fingerprint density at radius 1 is 1.16 bits per heavy atom. The van der Waals surface area contributed by atoms with Crippen LogP contribution in [0, 0.1) is 0 Å². The van der Waals surface area contributed by atoms with Gasteiger partial charge >= 0.3 is 0 Å². The molecule has 0 bridgehead atoms. The van der Waals surface area contributed by atoms with E-state index >= 15 is 0 Å². The van der Waals surface area contributed by atoms with Crippen LogP contribution in [0.5, 0.6) is 0 Å². The molecular formula is C15H25N3O. The van der Waals surface area contributed by atoms with Crippen molar-refractivity contribution in [3.05, 3.63) is 35.4 Å². The predicted molar refractivity (Wildman–Crippen MR) is 78.6 cm³/mol. The number of hydrogen-bond donors (Lipinski definition) is 2. The highest BCUT2D eigenvalue weighted by atomic mass is 16.1. The van der Waals surface area contributed by atoms with Crippen LogP contribution < -0.4 is 11.1 Å². The minimum absolute atomic E-state index is 0.00900. The zero-order valence-electron chi connectivity index (χ0n) is 12.0. The van der Waals surface area contributed by atoms with Gasteiger partial charge in [-0.25, -0.2) is 0 Å². The van der Waals surface area contributed by atoms with Gasteiger partial charge in [0.25, 0.3) is 0 Å². The number of benzene rings is 1. The largest absolute Gasteiger partial charge is 0.352 e. The molecule has 4 heteroatoms. The first-order valence-corrected chi connectivity index (χ1v) is 6.96. The molecule has 0 radical (unpaired) electrons. The molecule has 0 aromatic heterocycles. The molecule has 0 spiro atoms. The van der Waals surface area contributed by atoms with Crippen LogP contribution >= 0.6 is 0 Å². The lowest BCUT2D eigenvalue weighted by atomic mass is 10.1. The average Bonchev–Trinajstić information content (AvgIpc) is 2.44. The Morgan fingerprint density at radius 3 is 2.26 bits per heavy atom. The second kappa shape index (κ2) is 8.67. The molecule has 0 saturated carbocycles. The van der Waals surface area contributed by atoms with Gasteiger partial charge in [-0.05, 0) is 24.2 Å². The van der Waals surface area contributed by atoms with E-state index in [1.54, 1.807) is 0 Å². The zero-order chi connectivity index (χ0) is 14.1. The Hall–Kier alpha value is -1.39. The summed E-state index contributed by atoms with van der Waals surface area (Å²) in [7, 11) is 0. The maximum atomic E-state index is 11.3. The van der Waals surface area contributed by atoms with Crippen LogP contribution in [0.25, 0.3) is 0 Å². The molecule has 1 amide bonds. The summed E-state index contributed by atoms with van der Waals surface area (Å²) in [5.74, 6) is 0.00900. The summed E-state index contributed by atoms with van der Waals surface area (Å²) in [4.78, 5) is 13.7. The van der Waals surface area contributed by atoms with E-state index in [4.69, 9.17) is 5.73 Å². The number of rotatable bonds is 8. The molecule has 0 heterocycles. The SMILES string of the molecule is CCN(CC)Cc1ccc(CNC(=O)CCN)cc1. The van der Waals surface area contributed by atoms with Crippen LogP contribution in [-0.2, 0) is 17.9 Å². The van der Waals surface area contributed by atoms with Gasteiger partial charge in [-0.15, -0.1) is 0 Å². The fraction of sp³-hybridized carbons (Fsp3) is 0.533. The molecule has 0 fully saturated rings. The average molecular weight is 263 g/mol. The summed E-state index contributed by atoms with van der Waals surface area (Å²) >= 11 is 0. The first kappa shape index (κ1) is 15.7. The van der Waals surface area contributed by atoms with Gasteiger partial charge in [0, 0.05) is 26.1 Å². The molecule has 0 unspecified atom stereocenters. The van der Waals surface area contributed by atoms with Gasteiger partial charge in [-0.2, -0.15) is 0 Å². The van der Waals surface area contributed by atoms with Crippen molar-refractivity contribution < 1.29 is 4.79 Å². The van der Waals surface area contributed by atoms with Crippen LogP contribution in [0.15, 0.2) is 24.3 Å². The highest BCUT2D eigenvalue weighted by Crippen LogP contribution is 2.07. The van der Waals surface area contributed by atoms with Gasteiger partial charge in [0.1, 0.15) is 0 Å². The Morgan fingerprint density at radius 2 is 1.74 bits per heavy atom. The molecule has 0 saturated heterocycles. The van der Waals surface area contributed by atoms with Crippen molar-refractivity contribution in [2.45, 2.75) is 33.4 Å². The molecule has 3 N–H and O–H groups in total. The molecule has 4 nitrogen and oxygen atoms in total. The second-order valence-corrected chi connectivity index (χ2v) is 4.59. The maximum Gasteiger partial charge on any atom is 0.221 e. The second-order valence-electron chi connectivity index (χ2n) is 4.59. The van der Waals surface area contributed by atoms with Crippen molar-refractivity contribution in [2.75, 3.05) is 19.6 Å². The van der Waals surface area contributed by atoms with Crippen LogP contribution in [-0.4, -0.2) is 30.4 Å². The van der Waals surface area contributed by atoms with E-state index in [2.05, 4.69) is 48.3 Å². The Kier molecular flexibility index (Phi) is 7.15. The molecule has 106 valence electrons. The standard InChI is InChI=1S/C15H25N3O/c1-3-18(4-2)12-14-7-5-13(6-8-14)11-17-15(19)9-10-16/h5-8H,3-4,9-12,16H2,1-2H3,(H,17,19). The molecule has 1 aromatic rings. The van der Waals surface area contributed by atoms with Gasteiger partial charge in [-0.3, -0.25) is 9.69 Å². The van der Waals surface area contributed by atoms with Crippen molar-refractivity contribution in [1.82, 2.24) is 10.2 Å². The van der Waals surface area contributed by atoms with E-state index < -0.39 is 0 Å². The molecule has 1 rings (SSSR count). The minimum Gasteiger partial charge on any atom is -0.352 e. The number of hydrogen-bond acceptors (Lipinski definition) is 3. The normalized spacial score (nSPS) is 10.7. The summed E-state index contributed by atoms with van der Waals surface area (Å²) in [6.45, 7) is 8.42. The lowest BCUT2D eigenvalue weighted by Crippen LogP contribution is -2.25. The highest BCUT2D eigenvalue weighted by Gasteiger charge is 2.02. The number of nitrogens with zero attached hydrogens (tertiary/aromatic N) is 1. The number of nitrogens with two attached hydrogens (primary N) is 1. The molecular weight excluding hydrogens is 238 g/mol. The van der Waals surface area contributed by atoms with Crippen molar-refractivity contribution in [1.29, 1.82) is 0 Å². The van der Waals surface area contributed by atoms with E-state index in [1.807, 2.05) is 0 Å².